The molecule has 0 aliphatic carbocycles. The summed E-state index contributed by atoms with van der Waals surface area (Å²) in [6.45, 7) is 2.95. The monoisotopic (exact) mass is 302 g/mol. The molecule has 0 N–H and O–H groups in total. The molecular formula is C16H18N2O4. The second-order valence-corrected chi connectivity index (χ2v) is 5.18. The predicted molar refractivity (Wildman–Crippen MR) is 79.2 cm³/mol. The van der Waals surface area contributed by atoms with E-state index in [-0.39, 0.29) is 5.91 Å². The molecule has 0 radical (unpaired) electrons. The van der Waals surface area contributed by atoms with Crippen LogP contribution in [0.15, 0.2) is 22.7 Å². The van der Waals surface area contributed by atoms with Gasteiger partial charge < -0.3 is 18.9 Å². The molecule has 116 valence electrons. The van der Waals surface area contributed by atoms with Crippen molar-refractivity contribution < 1.29 is 18.8 Å². The van der Waals surface area contributed by atoms with E-state index < -0.39 is 0 Å². The quantitative estimate of drug-likeness (QED) is 0.869. The van der Waals surface area contributed by atoms with Crippen molar-refractivity contribution in [3.8, 4) is 11.5 Å². The maximum absolute atomic E-state index is 12.9. The summed E-state index contributed by atoms with van der Waals surface area (Å²) in [6.07, 6.45) is 0.744. The number of rotatable bonds is 3. The second kappa shape index (κ2) is 5.71. The van der Waals surface area contributed by atoms with Gasteiger partial charge in [-0.25, -0.2) is 0 Å². The number of carbonyl (C=O) groups is 1. The number of fused-ring (bicyclic) bond motifs is 1. The molecule has 0 atom stereocenters. The zero-order valence-corrected chi connectivity index (χ0v) is 12.9. The first-order valence-corrected chi connectivity index (χ1v) is 7.10. The molecular weight excluding hydrogens is 284 g/mol. The first kappa shape index (κ1) is 14.4. The predicted octanol–water partition coefficient (Wildman–Crippen LogP) is 2.20. The number of aromatic nitrogens is 1. The minimum Gasteiger partial charge on any atom is -0.496 e. The van der Waals surface area contributed by atoms with Crippen molar-refractivity contribution in [3.63, 3.8) is 0 Å². The van der Waals surface area contributed by atoms with Gasteiger partial charge in [0.15, 0.2) is 5.76 Å². The number of hydrogen-bond donors (Lipinski definition) is 0. The molecule has 1 aliphatic rings. The first-order chi connectivity index (χ1) is 10.7. The van der Waals surface area contributed by atoms with Gasteiger partial charge in [-0.3, -0.25) is 4.79 Å². The fourth-order valence-electron chi connectivity index (χ4n) is 2.77. The Kier molecular flexibility index (Phi) is 3.75. The molecule has 0 fully saturated rings. The van der Waals surface area contributed by atoms with Crippen LogP contribution >= 0.6 is 0 Å². The van der Waals surface area contributed by atoms with Crippen LogP contribution in [0, 0.1) is 6.92 Å². The summed E-state index contributed by atoms with van der Waals surface area (Å²) in [6, 6.07) is 5.30. The van der Waals surface area contributed by atoms with Gasteiger partial charge in [0, 0.05) is 12.1 Å². The Morgan fingerprint density at radius 2 is 1.95 bits per heavy atom. The summed E-state index contributed by atoms with van der Waals surface area (Å²) in [4.78, 5) is 14.6. The van der Waals surface area contributed by atoms with Gasteiger partial charge in [-0.15, -0.1) is 0 Å². The lowest BCUT2D eigenvalue weighted by molar-refractivity contribution is 0.0709. The molecule has 6 heteroatoms. The van der Waals surface area contributed by atoms with Gasteiger partial charge >= 0.3 is 0 Å². The Balaban J connectivity index is 1.92. The summed E-state index contributed by atoms with van der Waals surface area (Å²) in [5.74, 6) is 1.63. The van der Waals surface area contributed by atoms with Crippen LogP contribution in [-0.2, 0) is 13.0 Å². The smallest absolute Gasteiger partial charge is 0.261 e. The highest BCUT2D eigenvalue weighted by molar-refractivity contribution is 5.99. The number of methoxy groups -OCH3 is 2. The summed E-state index contributed by atoms with van der Waals surface area (Å²) in [5, 5.41) is 3.97. The van der Waals surface area contributed by atoms with Crippen LogP contribution in [0.4, 0.5) is 0 Å². The standard InChI is InChI=1S/C16H18N2O4/c1-10-11-7-8-18(9-14(11)22-17-10)16(19)15-12(20-2)5-4-6-13(15)21-3/h4-6H,7-9H2,1-3H3. The summed E-state index contributed by atoms with van der Waals surface area (Å²) >= 11 is 0. The van der Waals surface area contributed by atoms with Gasteiger partial charge in [0.2, 0.25) is 0 Å². The number of aryl methyl sites for hydroxylation is 1. The van der Waals surface area contributed by atoms with E-state index in [0.29, 0.717) is 30.2 Å². The Morgan fingerprint density at radius 3 is 2.59 bits per heavy atom. The number of ether oxygens (including phenoxy) is 2. The third-order valence-electron chi connectivity index (χ3n) is 3.96. The van der Waals surface area contributed by atoms with Crippen LogP contribution in [0.1, 0.15) is 27.4 Å². The van der Waals surface area contributed by atoms with Crippen LogP contribution < -0.4 is 9.47 Å². The zero-order valence-electron chi connectivity index (χ0n) is 12.9. The highest BCUT2D eigenvalue weighted by atomic mass is 16.5. The van der Waals surface area contributed by atoms with Gasteiger partial charge in [0.05, 0.1) is 26.5 Å². The molecule has 0 bridgehead atoms. The van der Waals surface area contributed by atoms with Crippen LogP contribution in [0.3, 0.4) is 0 Å². The van der Waals surface area contributed by atoms with E-state index in [1.807, 2.05) is 6.92 Å². The normalized spacial score (nSPS) is 13.7. The van der Waals surface area contributed by atoms with Crippen LogP contribution in [0.25, 0.3) is 0 Å². The Morgan fingerprint density at radius 1 is 1.27 bits per heavy atom. The molecule has 0 unspecified atom stereocenters. The molecule has 6 nitrogen and oxygen atoms in total. The van der Waals surface area contributed by atoms with Gasteiger partial charge in [-0.05, 0) is 25.5 Å². The van der Waals surface area contributed by atoms with Crippen molar-refractivity contribution in [1.82, 2.24) is 10.1 Å². The SMILES string of the molecule is COc1cccc(OC)c1C(=O)N1CCc2c(C)noc2C1. The third-order valence-corrected chi connectivity index (χ3v) is 3.96. The largest absolute Gasteiger partial charge is 0.496 e. The minimum absolute atomic E-state index is 0.131. The first-order valence-electron chi connectivity index (χ1n) is 7.10. The lowest BCUT2D eigenvalue weighted by Crippen LogP contribution is -2.36. The number of amides is 1. The number of benzene rings is 1. The summed E-state index contributed by atoms with van der Waals surface area (Å²) in [7, 11) is 3.08. The van der Waals surface area contributed by atoms with Crippen molar-refractivity contribution in [1.29, 1.82) is 0 Å². The van der Waals surface area contributed by atoms with Crippen LogP contribution in [0.5, 0.6) is 11.5 Å². The Hall–Kier alpha value is -2.50. The molecule has 2 aromatic rings. The molecule has 1 aromatic carbocycles. The molecule has 1 amide bonds. The van der Waals surface area contributed by atoms with E-state index in [4.69, 9.17) is 14.0 Å². The van der Waals surface area contributed by atoms with E-state index in [2.05, 4.69) is 5.16 Å². The van der Waals surface area contributed by atoms with Crippen molar-refractivity contribution >= 4 is 5.91 Å². The molecule has 3 rings (SSSR count). The fourth-order valence-corrected chi connectivity index (χ4v) is 2.77. The average Bonchev–Trinajstić information content (AvgIpc) is 2.94. The minimum atomic E-state index is -0.131. The molecule has 0 saturated carbocycles. The van der Waals surface area contributed by atoms with Crippen molar-refractivity contribution in [3.05, 3.63) is 40.8 Å². The fraction of sp³-hybridized carbons (Fsp3) is 0.375. The van der Waals surface area contributed by atoms with Gasteiger partial charge in [0.25, 0.3) is 5.91 Å². The van der Waals surface area contributed by atoms with Gasteiger partial charge in [0.1, 0.15) is 17.1 Å². The van der Waals surface area contributed by atoms with E-state index in [9.17, 15) is 4.79 Å². The number of carbonyl (C=O) groups excluding carboxylic acids is 1. The molecule has 1 aromatic heterocycles. The van der Waals surface area contributed by atoms with Crippen molar-refractivity contribution in [2.45, 2.75) is 19.9 Å². The van der Waals surface area contributed by atoms with Crippen LogP contribution in [0.2, 0.25) is 0 Å². The third kappa shape index (κ3) is 2.30. The van der Waals surface area contributed by atoms with Crippen molar-refractivity contribution in [2.24, 2.45) is 0 Å². The molecule has 2 heterocycles. The average molecular weight is 302 g/mol. The Labute approximate surface area is 128 Å². The number of hydrogen-bond acceptors (Lipinski definition) is 5. The van der Waals surface area contributed by atoms with Gasteiger partial charge in [-0.1, -0.05) is 11.2 Å². The second-order valence-electron chi connectivity index (χ2n) is 5.18. The van der Waals surface area contributed by atoms with E-state index >= 15 is 0 Å². The molecule has 22 heavy (non-hydrogen) atoms. The number of nitrogens with zero attached hydrogens (tertiary/aromatic N) is 2. The lowest BCUT2D eigenvalue weighted by atomic mass is 10.0. The topological polar surface area (TPSA) is 64.8 Å². The van der Waals surface area contributed by atoms with E-state index in [1.54, 1.807) is 37.3 Å². The molecule has 0 spiro atoms. The van der Waals surface area contributed by atoms with Crippen molar-refractivity contribution in [2.75, 3.05) is 20.8 Å². The molecule has 0 saturated heterocycles. The Bertz CT molecular complexity index is 686. The van der Waals surface area contributed by atoms with Gasteiger partial charge in [-0.2, -0.15) is 0 Å². The van der Waals surface area contributed by atoms with Crippen LogP contribution in [-0.4, -0.2) is 36.7 Å². The zero-order chi connectivity index (χ0) is 15.7. The molecule has 1 aliphatic heterocycles. The van der Waals surface area contributed by atoms with E-state index in [0.717, 1.165) is 23.4 Å². The maximum atomic E-state index is 12.9. The highest BCUT2D eigenvalue weighted by Gasteiger charge is 2.29. The highest BCUT2D eigenvalue weighted by Crippen LogP contribution is 2.31. The summed E-state index contributed by atoms with van der Waals surface area (Å²) in [5.41, 5.74) is 2.44. The lowest BCUT2D eigenvalue weighted by Gasteiger charge is -2.27. The van der Waals surface area contributed by atoms with E-state index in [1.165, 1.54) is 0 Å². The maximum Gasteiger partial charge on any atom is 0.261 e. The summed E-state index contributed by atoms with van der Waals surface area (Å²) < 4.78 is 15.9.